The first-order valence-electron chi connectivity index (χ1n) is 6.41. The molecule has 0 radical (unpaired) electrons. The predicted octanol–water partition coefficient (Wildman–Crippen LogP) is 1.96. The zero-order valence-corrected chi connectivity index (χ0v) is 11.9. The Hall–Kier alpha value is -2.24. The third-order valence-corrected chi connectivity index (χ3v) is 2.75. The Morgan fingerprint density at radius 3 is 2.70 bits per heavy atom. The van der Waals surface area contributed by atoms with Gasteiger partial charge in [-0.1, -0.05) is 0 Å². The summed E-state index contributed by atoms with van der Waals surface area (Å²) in [5.41, 5.74) is 7.20. The number of carbonyl (C=O) groups excluding carboxylic acids is 2. The van der Waals surface area contributed by atoms with Crippen LogP contribution in [0.4, 0.5) is 16.2 Å². The lowest BCUT2D eigenvalue weighted by Crippen LogP contribution is -2.39. The first-order chi connectivity index (χ1) is 9.24. The number of anilines is 2. The molecule has 2 amide bonds. The van der Waals surface area contributed by atoms with Crippen molar-refractivity contribution >= 4 is 23.4 Å². The van der Waals surface area contributed by atoms with Crippen LogP contribution < -0.4 is 11.1 Å². The van der Waals surface area contributed by atoms with Crippen LogP contribution >= 0.6 is 0 Å². The maximum Gasteiger partial charge on any atom is 0.411 e. The molecule has 0 atom stereocenters. The SMILES string of the molecule is CC(C)(C)OC(=O)N1CC(=O)Nc2ccc(N)cc2C1. The van der Waals surface area contributed by atoms with Crippen LogP contribution in [0.3, 0.4) is 0 Å². The molecule has 0 aliphatic carbocycles. The van der Waals surface area contributed by atoms with Crippen LogP contribution in [0.25, 0.3) is 0 Å². The summed E-state index contributed by atoms with van der Waals surface area (Å²) >= 11 is 0. The van der Waals surface area contributed by atoms with Crippen LogP contribution in [0.15, 0.2) is 18.2 Å². The van der Waals surface area contributed by atoms with Gasteiger partial charge in [0.25, 0.3) is 0 Å². The quantitative estimate of drug-likeness (QED) is 0.710. The van der Waals surface area contributed by atoms with Crippen molar-refractivity contribution in [1.29, 1.82) is 0 Å². The molecule has 0 aromatic heterocycles. The molecule has 6 nitrogen and oxygen atoms in total. The molecule has 0 spiro atoms. The standard InChI is InChI=1S/C14H19N3O3/c1-14(2,3)20-13(19)17-7-9-6-10(15)4-5-11(9)16-12(18)8-17/h4-6H,7-8,15H2,1-3H3,(H,16,18). The Balaban J connectivity index is 2.24. The van der Waals surface area contributed by atoms with Gasteiger partial charge in [0.05, 0.1) is 6.54 Å². The summed E-state index contributed by atoms with van der Waals surface area (Å²) in [5, 5.41) is 2.75. The van der Waals surface area contributed by atoms with Gasteiger partial charge in [-0.25, -0.2) is 4.79 Å². The number of ether oxygens (including phenoxy) is 1. The fraction of sp³-hybridized carbons (Fsp3) is 0.429. The number of nitrogen functional groups attached to an aromatic ring is 1. The van der Waals surface area contributed by atoms with Gasteiger partial charge in [0, 0.05) is 11.4 Å². The predicted molar refractivity (Wildman–Crippen MR) is 76.1 cm³/mol. The summed E-state index contributed by atoms with van der Waals surface area (Å²) < 4.78 is 5.30. The molecule has 1 aliphatic heterocycles. The maximum atomic E-state index is 12.1. The molecule has 0 saturated heterocycles. The van der Waals surface area contributed by atoms with Crippen molar-refractivity contribution in [2.45, 2.75) is 32.9 Å². The van der Waals surface area contributed by atoms with E-state index in [1.165, 1.54) is 4.90 Å². The summed E-state index contributed by atoms with van der Waals surface area (Å²) in [6.45, 7) is 5.61. The molecule has 108 valence electrons. The smallest absolute Gasteiger partial charge is 0.411 e. The van der Waals surface area contributed by atoms with E-state index in [1.54, 1.807) is 39.0 Å². The second-order valence-corrected chi connectivity index (χ2v) is 5.80. The van der Waals surface area contributed by atoms with Crippen LogP contribution in [0, 0.1) is 0 Å². The molecule has 1 heterocycles. The zero-order chi connectivity index (χ0) is 14.9. The van der Waals surface area contributed by atoms with E-state index in [9.17, 15) is 9.59 Å². The van der Waals surface area contributed by atoms with Gasteiger partial charge in [0.1, 0.15) is 12.1 Å². The van der Waals surface area contributed by atoms with Gasteiger partial charge in [-0.05, 0) is 44.5 Å². The molecule has 0 saturated carbocycles. The van der Waals surface area contributed by atoms with E-state index in [4.69, 9.17) is 10.5 Å². The van der Waals surface area contributed by atoms with Crippen LogP contribution in [-0.4, -0.2) is 29.0 Å². The normalized spacial score (nSPS) is 15.2. The van der Waals surface area contributed by atoms with Crippen molar-refractivity contribution in [3.8, 4) is 0 Å². The Labute approximate surface area is 117 Å². The molecule has 3 N–H and O–H groups in total. The Bertz CT molecular complexity index is 549. The maximum absolute atomic E-state index is 12.1. The molecule has 1 aliphatic rings. The van der Waals surface area contributed by atoms with Gasteiger partial charge in [-0.2, -0.15) is 0 Å². The molecule has 1 aromatic carbocycles. The highest BCUT2D eigenvalue weighted by molar-refractivity contribution is 5.95. The zero-order valence-electron chi connectivity index (χ0n) is 11.9. The van der Waals surface area contributed by atoms with Crippen molar-refractivity contribution in [2.75, 3.05) is 17.6 Å². The third-order valence-electron chi connectivity index (χ3n) is 2.75. The van der Waals surface area contributed by atoms with Crippen molar-refractivity contribution in [3.05, 3.63) is 23.8 Å². The van der Waals surface area contributed by atoms with Crippen LogP contribution in [-0.2, 0) is 16.1 Å². The lowest BCUT2D eigenvalue weighted by molar-refractivity contribution is -0.117. The van der Waals surface area contributed by atoms with E-state index in [0.29, 0.717) is 11.4 Å². The van der Waals surface area contributed by atoms with Gasteiger partial charge >= 0.3 is 6.09 Å². The molecular weight excluding hydrogens is 258 g/mol. The molecule has 1 aromatic rings. The molecule has 2 rings (SSSR count). The Morgan fingerprint density at radius 2 is 2.05 bits per heavy atom. The average molecular weight is 277 g/mol. The molecule has 0 unspecified atom stereocenters. The monoisotopic (exact) mass is 277 g/mol. The minimum absolute atomic E-state index is 0.0382. The molecule has 20 heavy (non-hydrogen) atoms. The summed E-state index contributed by atoms with van der Waals surface area (Å²) in [6, 6.07) is 5.20. The van der Waals surface area contributed by atoms with Gasteiger partial charge < -0.3 is 15.8 Å². The van der Waals surface area contributed by atoms with E-state index in [0.717, 1.165) is 5.56 Å². The van der Waals surface area contributed by atoms with Crippen molar-refractivity contribution in [3.63, 3.8) is 0 Å². The number of carbonyl (C=O) groups is 2. The largest absolute Gasteiger partial charge is 0.444 e. The number of rotatable bonds is 0. The topological polar surface area (TPSA) is 84.7 Å². The number of hydrogen-bond donors (Lipinski definition) is 2. The van der Waals surface area contributed by atoms with E-state index in [2.05, 4.69) is 5.32 Å². The molecule has 0 bridgehead atoms. The Kier molecular flexibility index (Phi) is 3.57. The number of nitrogens with zero attached hydrogens (tertiary/aromatic N) is 1. The number of amides is 2. The van der Waals surface area contributed by atoms with Gasteiger partial charge in [0.15, 0.2) is 0 Å². The van der Waals surface area contributed by atoms with Crippen LogP contribution in [0.1, 0.15) is 26.3 Å². The molecule has 0 fully saturated rings. The van der Waals surface area contributed by atoms with Crippen molar-refractivity contribution in [2.24, 2.45) is 0 Å². The first kappa shape index (κ1) is 14.2. The number of nitrogens with one attached hydrogen (secondary N) is 1. The average Bonchev–Trinajstić information content (AvgIpc) is 2.45. The highest BCUT2D eigenvalue weighted by Crippen LogP contribution is 2.24. The highest BCUT2D eigenvalue weighted by atomic mass is 16.6. The minimum Gasteiger partial charge on any atom is -0.444 e. The number of fused-ring (bicyclic) bond motifs is 1. The summed E-state index contributed by atoms with van der Waals surface area (Å²) in [5.74, 6) is -0.251. The minimum atomic E-state index is -0.599. The van der Waals surface area contributed by atoms with E-state index in [-0.39, 0.29) is 19.0 Å². The first-order valence-corrected chi connectivity index (χ1v) is 6.41. The van der Waals surface area contributed by atoms with E-state index < -0.39 is 11.7 Å². The molecule has 6 heteroatoms. The van der Waals surface area contributed by atoms with E-state index in [1.807, 2.05) is 0 Å². The third kappa shape index (κ3) is 3.40. The lowest BCUT2D eigenvalue weighted by atomic mass is 10.1. The summed E-state index contributed by atoms with van der Waals surface area (Å²) in [4.78, 5) is 25.3. The van der Waals surface area contributed by atoms with Crippen molar-refractivity contribution in [1.82, 2.24) is 4.90 Å². The summed E-state index contributed by atoms with van der Waals surface area (Å²) in [6.07, 6.45) is -0.511. The number of benzene rings is 1. The summed E-state index contributed by atoms with van der Waals surface area (Å²) in [7, 11) is 0. The van der Waals surface area contributed by atoms with Crippen LogP contribution in [0.5, 0.6) is 0 Å². The lowest BCUT2D eigenvalue weighted by Gasteiger charge is -2.25. The van der Waals surface area contributed by atoms with E-state index >= 15 is 0 Å². The Morgan fingerprint density at radius 1 is 1.35 bits per heavy atom. The number of hydrogen-bond acceptors (Lipinski definition) is 4. The van der Waals surface area contributed by atoms with Gasteiger partial charge in [0.2, 0.25) is 5.91 Å². The number of nitrogens with two attached hydrogens (primary N) is 1. The van der Waals surface area contributed by atoms with Gasteiger partial charge in [-0.3, -0.25) is 9.69 Å². The molecular formula is C14H19N3O3. The highest BCUT2D eigenvalue weighted by Gasteiger charge is 2.27. The van der Waals surface area contributed by atoms with Gasteiger partial charge in [-0.15, -0.1) is 0 Å². The fourth-order valence-electron chi connectivity index (χ4n) is 1.95. The second-order valence-electron chi connectivity index (χ2n) is 5.80. The van der Waals surface area contributed by atoms with Crippen LogP contribution in [0.2, 0.25) is 0 Å². The van der Waals surface area contributed by atoms with Crippen molar-refractivity contribution < 1.29 is 14.3 Å². The second kappa shape index (κ2) is 5.03. The fourth-order valence-corrected chi connectivity index (χ4v) is 1.95.